The molecule has 0 aliphatic rings. The summed E-state index contributed by atoms with van der Waals surface area (Å²) in [5, 5.41) is 12.7. The second-order valence-electron chi connectivity index (χ2n) is 7.69. The second-order valence-corrected chi connectivity index (χ2v) is 7.69. The van der Waals surface area contributed by atoms with Crippen molar-refractivity contribution in [2.75, 3.05) is 0 Å². The quantitative estimate of drug-likeness (QED) is 0.751. The molecule has 0 saturated heterocycles. The van der Waals surface area contributed by atoms with E-state index in [4.69, 9.17) is 0 Å². The van der Waals surface area contributed by atoms with E-state index in [2.05, 4.69) is 11.9 Å². The summed E-state index contributed by atoms with van der Waals surface area (Å²) < 4.78 is 0. The molecular weight excluding hydrogens is 352 g/mol. The Morgan fingerprint density at radius 1 is 1.07 bits per heavy atom. The summed E-state index contributed by atoms with van der Waals surface area (Å²) in [7, 11) is 0. The van der Waals surface area contributed by atoms with Crippen molar-refractivity contribution >= 4 is 18.1 Å². The zero-order chi connectivity index (χ0) is 20.7. The van der Waals surface area contributed by atoms with Crippen LogP contribution in [-0.4, -0.2) is 33.6 Å². The second kappa shape index (κ2) is 9.22. The van der Waals surface area contributed by atoms with Crippen molar-refractivity contribution in [3.63, 3.8) is 0 Å². The van der Waals surface area contributed by atoms with E-state index in [0.717, 1.165) is 16.7 Å². The number of carbonyl (C=O) groups is 2. The molecule has 0 radical (unpaired) electrons. The van der Waals surface area contributed by atoms with Crippen molar-refractivity contribution in [1.82, 2.24) is 10.2 Å². The molecule has 2 rings (SSSR count). The van der Waals surface area contributed by atoms with E-state index >= 15 is 0 Å². The summed E-state index contributed by atoms with van der Waals surface area (Å²) in [6.07, 6.45) is 0.955. The third kappa shape index (κ3) is 5.71. The Bertz CT molecular complexity index is 808. The predicted molar refractivity (Wildman–Crippen MR) is 112 cm³/mol. The van der Waals surface area contributed by atoms with Gasteiger partial charge < -0.3 is 10.4 Å². The largest absolute Gasteiger partial charge is 0.465 e. The maximum Gasteiger partial charge on any atom is 0.408 e. The number of carboxylic acid groups (broad SMARTS) is 1. The zero-order valence-corrected chi connectivity index (χ0v) is 16.7. The van der Waals surface area contributed by atoms with Gasteiger partial charge in [-0.15, -0.1) is 0 Å². The molecule has 0 aliphatic heterocycles. The molecule has 2 amide bonds. The monoisotopic (exact) mass is 380 g/mol. The molecular formula is C23H28N2O3. The van der Waals surface area contributed by atoms with Gasteiger partial charge in [0.2, 0.25) is 5.91 Å². The summed E-state index contributed by atoms with van der Waals surface area (Å²) in [5.74, 6) is -0.311. The summed E-state index contributed by atoms with van der Waals surface area (Å²) >= 11 is 0. The van der Waals surface area contributed by atoms with E-state index < -0.39 is 17.7 Å². The minimum atomic E-state index is -1.11. The van der Waals surface area contributed by atoms with Crippen LogP contribution in [-0.2, 0) is 17.8 Å². The first kappa shape index (κ1) is 21.2. The van der Waals surface area contributed by atoms with Gasteiger partial charge in [-0.1, -0.05) is 67.3 Å². The highest BCUT2D eigenvalue weighted by atomic mass is 16.4. The maximum atomic E-state index is 13.0. The fourth-order valence-corrected chi connectivity index (χ4v) is 3.10. The highest BCUT2D eigenvalue weighted by Crippen LogP contribution is 2.21. The smallest absolute Gasteiger partial charge is 0.408 e. The summed E-state index contributed by atoms with van der Waals surface area (Å²) in [5.41, 5.74) is 2.14. The topological polar surface area (TPSA) is 69.6 Å². The number of nitrogens with zero attached hydrogens (tertiary/aromatic N) is 1. The number of amides is 2. The van der Waals surface area contributed by atoms with Gasteiger partial charge in [0, 0.05) is 18.5 Å². The molecule has 1 unspecified atom stereocenters. The molecule has 2 aromatic carbocycles. The van der Waals surface area contributed by atoms with Gasteiger partial charge in [0.05, 0.1) is 0 Å². The van der Waals surface area contributed by atoms with Gasteiger partial charge in [0.1, 0.15) is 6.04 Å². The van der Waals surface area contributed by atoms with Gasteiger partial charge in [-0.3, -0.25) is 9.69 Å². The summed E-state index contributed by atoms with van der Waals surface area (Å²) in [4.78, 5) is 26.2. The molecule has 0 bridgehead atoms. The molecule has 2 aromatic rings. The number of hydrogen-bond acceptors (Lipinski definition) is 2. The lowest BCUT2D eigenvalue weighted by molar-refractivity contribution is -0.127. The van der Waals surface area contributed by atoms with Crippen molar-refractivity contribution < 1.29 is 14.7 Å². The molecule has 0 aliphatic carbocycles. The first-order chi connectivity index (χ1) is 13.2. The third-order valence-electron chi connectivity index (χ3n) is 4.50. The highest BCUT2D eigenvalue weighted by Gasteiger charge is 2.37. The van der Waals surface area contributed by atoms with Crippen LogP contribution in [0.3, 0.4) is 0 Å². The maximum absolute atomic E-state index is 13.0. The molecule has 148 valence electrons. The number of benzene rings is 2. The molecule has 5 nitrogen and oxygen atoms in total. The molecule has 2 N–H and O–H groups in total. The van der Waals surface area contributed by atoms with E-state index in [1.165, 1.54) is 4.90 Å². The fourth-order valence-electron chi connectivity index (χ4n) is 3.10. The van der Waals surface area contributed by atoms with Gasteiger partial charge >= 0.3 is 6.09 Å². The molecule has 28 heavy (non-hydrogen) atoms. The molecule has 0 fully saturated rings. The summed E-state index contributed by atoms with van der Waals surface area (Å²) in [6.45, 7) is 9.43. The lowest BCUT2D eigenvalue weighted by Crippen LogP contribution is -2.57. The average Bonchev–Trinajstić information content (AvgIpc) is 2.65. The Morgan fingerprint density at radius 2 is 1.68 bits per heavy atom. The van der Waals surface area contributed by atoms with Crippen LogP contribution in [0.25, 0.3) is 6.08 Å². The van der Waals surface area contributed by atoms with E-state index in [9.17, 15) is 14.7 Å². The van der Waals surface area contributed by atoms with Gasteiger partial charge in [-0.2, -0.15) is 0 Å². The molecule has 5 heteroatoms. The minimum absolute atomic E-state index is 0.311. The molecule has 1 atom stereocenters. The fraction of sp³-hybridized carbons (Fsp3) is 0.304. The van der Waals surface area contributed by atoms with Crippen molar-refractivity contribution in [2.45, 2.75) is 45.3 Å². The van der Waals surface area contributed by atoms with Crippen LogP contribution < -0.4 is 5.32 Å². The SMILES string of the molecule is C=Cc1ccc(CNC(=O)C(Cc2ccccc2)N(C(=O)O)C(C)(C)C)cc1. The van der Waals surface area contributed by atoms with Gasteiger partial charge in [0.25, 0.3) is 0 Å². The van der Waals surface area contributed by atoms with Gasteiger partial charge in [-0.05, 0) is 37.5 Å². The highest BCUT2D eigenvalue weighted by molar-refractivity contribution is 5.86. The van der Waals surface area contributed by atoms with E-state index in [-0.39, 0.29) is 5.91 Å². The van der Waals surface area contributed by atoms with E-state index in [1.807, 2.05) is 54.6 Å². The number of rotatable bonds is 7. The normalized spacial score (nSPS) is 12.1. The van der Waals surface area contributed by atoms with E-state index in [0.29, 0.717) is 13.0 Å². The first-order valence-corrected chi connectivity index (χ1v) is 9.27. The molecule has 0 aromatic heterocycles. The molecule has 0 spiro atoms. The zero-order valence-electron chi connectivity index (χ0n) is 16.7. The summed E-state index contributed by atoms with van der Waals surface area (Å²) in [6, 6.07) is 16.3. The Kier molecular flexibility index (Phi) is 6.99. The average molecular weight is 380 g/mol. The number of nitrogens with one attached hydrogen (secondary N) is 1. The Hall–Kier alpha value is -3.08. The number of hydrogen-bond donors (Lipinski definition) is 2. The van der Waals surface area contributed by atoms with Crippen LogP contribution in [0.2, 0.25) is 0 Å². The predicted octanol–water partition coefficient (Wildman–Crippen LogP) is 4.34. The Labute approximate surface area is 166 Å². The standard InChI is InChI=1S/C23H28N2O3/c1-5-17-11-13-19(14-12-17)16-24-21(26)20(15-18-9-7-6-8-10-18)25(22(27)28)23(2,3)4/h5-14,20H,1,15-16H2,2-4H3,(H,24,26)(H,27,28). The van der Waals surface area contributed by atoms with Crippen LogP contribution in [0, 0.1) is 0 Å². The van der Waals surface area contributed by atoms with Crippen LogP contribution in [0.15, 0.2) is 61.2 Å². The lowest BCUT2D eigenvalue weighted by Gasteiger charge is -2.39. The van der Waals surface area contributed by atoms with Crippen LogP contribution in [0.1, 0.15) is 37.5 Å². The van der Waals surface area contributed by atoms with Crippen molar-refractivity contribution in [2.24, 2.45) is 0 Å². The minimum Gasteiger partial charge on any atom is -0.465 e. The number of carbonyl (C=O) groups excluding carboxylic acids is 1. The van der Waals surface area contributed by atoms with Crippen LogP contribution in [0.5, 0.6) is 0 Å². The van der Waals surface area contributed by atoms with Crippen LogP contribution >= 0.6 is 0 Å². The first-order valence-electron chi connectivity index (χ1n) is 9.27. The Morgan fingerprint density at radius 3 is 2.18 bits per heavy atom. The molecule has 0 saturated carbocycles. The Balaban J connectivity index is 2.21. The van der Waals surface area contributed by atoms with Gasteiger partial charge in [-0.25, -0.2) is 4.79 Å². The van der Waals surface area contributed by atoms with Crippen molar-refractivity contribution in [3.8, 4) is 0 Å². The van der Waals surface area contributed by atoms with Crippen molar-refractivity contribution in [1.29, 1.82) is 0 Å². The van der Waals surface area contributed by atoms with E-state index in [1.54, 1.807) is 26.8 Å². The van der Waals surface area contributed by atoms with Gasteiger partial charge in [0.15, 0.2) is 0 Å². The van der Waals surface area contributed by atoms with Crippen molar-refractivity contribution in [3.05, 3.63) is 77.9 Å². The van der Waals surface area contributed by atoms with Crippen LogP contribution in [0.4, 0.5) is 4.79 Å². The third-order valence-corrected chi connectivity index (χ3v) is 4.50. The molecule has 0 heterocycles. The lowest BCUT2D eigenvalue weighted by atomic mass is 9.97.